The number of rotatable bonds is 5. The van der Waals surface area contributed by atoms with Crippen LogP contribution in [0.25, 0.3) is 11.4 Å². The molecule has 102 valence electrons. The molecule has 6 nitrogen and oxygen atoms in total. The lowest BCUT2D eigenvalue weighted by Crippen LogP contribution is -2.24. The summed E-state index contributed by atoms with van der Waals surface area (Å²) in [5.74, 6) is 0.683. The summed E-state index contributed by atoms with van der Waals surface area (Å²) in [5, 5.41) is 13.0. The average molecular weight is 269 g/mol. The molecule has 1 fully saturated rings. The Morgan fingerprint density at radius 3 is 2.95 bits per heavy atom. The second kappa shape index (κ2) is 5.29. The normalized spacial score (nSPS) is 14.2. The number of aromatic nitrogens is 4. The smallest absolute Gasteiger partial charge is 0.272 e. The molecule has 0 unspecified atom stereocenters. The Morgan fingerprint density at radius 1 is 1.45 bits per heavy atom. The molecule has 0 aromatic carbocycles. The molecular formula is C14H15N5O. The highest BCUT2D eigenvalue weighted by Crippen LogP contribution is 2.36. The van der Waals surface area contributed by atoms with Gasteiger partial charge in [0.2, 0.25) is 0 Å². The maximum atomic E-state index is 12.4. The van der Waals surface area contributed by atoms with Gasteiger partial charge in [0.1, 0.15) is 0 Å². The van der Waals surface area contributed by atoms with E-state index in [1.165, 1.54) is 4.68 Å². The molecule has 1 saturated carbocycles. The van der Waals surface area contributed by atoms with Crippen LogP contribution in [0, 0.1) is 11.3 Å². The van der Waals surface area contributed by atoms with Crippen LogP contribution >= 0.6 is 0 Å². The van der Waals surface area contributed by atoms with Gasteiger partial charge in [-0.3, -0.25) is 9.55 Å². The molecular weight excluding hydrogens is 254 g/mol. The van der Waals surface area contributed by atoms with Gasteiger partial charge in [-0.2, -0.15) is 5.26 Å². The van der Waals surface area contributed by atoms with E-state index in [0.29, 0.717) is 25.2 Å². The van der Waals surface area contributed by atoms with E-state index in [-0.39, 0.29) is 11.7 Å². The second-order valence-corrected chi connectivity index (χ2v) is 4.93. The molecule has 0 amide bonds. The number of pyridine rings is 1. The van der Waals surface area contributed by atoms with Crippen LogP contribution in [0.4, 0.5) is 0 Å². The van der Waals surface area contributed by atoms with Gasteiger partial charge in [-0.15, -0.1) is 5.10 Å². The maximum absolute atomic E-state index is 12.4. The second-order valence-electron chi connectivity index (χ2n) is 4.93. The standard InChI is InChI=1S/C14H15N5O/c15-7-1-2-9-18-14(20)19(12-5-6-12)13(17-18)11-4-3-8-16-10-11/h3-4,8,10,12H,1-2,5-6,9H2. The van der Waals surface area contributed by atoms with Gasteiger partial charge >= 0.3 is 5.69 Å². The minimum absolute atomic E-state index is 0.0794. The first kappa shape index (κ1) is 12.6. The van der Waals surface area contributed by atoms with Crippen LogP contribution in [0.15, 0.2) is 29.3 Å². The topological polar surface area (TPSA) is 76.5 Å². The molecule has 20 heavy (non-hydrogen) atoms. The summed E-state index contributed by atoms with van der Waals surface area (Å²) < 4.78 is 3.24. The molecule has 0 atom stereocenters. The predicted octanol–water partition coefficient (Wildman–Crippen LogP) is 1.75. The average Bonchev–Trinajstić information content (AvgIpc) is 3.26. The fourth-order valence-corrected chi connectivity index (χ4v) is 2.23. The van der Waals surface area contributed by atoms with Crippen molar-refractivity contribution in [2.75, 3.05) is 0 Å². The van der Waals surface area contributed by atoms with E-state index in [1.54, 1.807) is 17.0 Å². The van der Waals surface area contributed by atoms with Gasteiger partial charge in [0.25, 0.3) is 0 Å². The summed E-state index contributed by atoms with van der Waals surface area (Å²) in [7, 11) is 0. The van der Waals surface area contributed by atoms with Crippen LogP contribution in [-0.4, -0.2) is 19.3 Å². The third-order valence-electron chi connectivity index (χ3n) is 3.36. The minimum atomic E-state index is -0.0794. The Hall–Kier alpha value is -2.42. The zero-order chi connectivity index (χ0) is 13.9. The Labute approximate surface area is 116 Å². The molecule has 2 aromatic heterocycles. The van der Waals surface area contributed by atoms with E-state index >= 15 is 0 Å². The van der Waals surface area contributed by atoms with Gasteiger partial charge in [-0.1, -0.05) is 0 Å². The molecule has 1 aliphatic carbocycles. The molecule has 6 heteroatoms. The largest absolute Gasteiger partial charge is 0.346 e. The number of hydrogen-bond acceptors (Lipinski definition) is 4. The summed E-state index contributed by atoms with van der Waals surface area (Å²) in [6.45, 7) is 0.485. The summed E-state index contributed by atoms with van der Waals surface area (Å²) in [5.41, 5.74) is 0.778. The van der Waals surface area contributed by atoms with Crippen molar-refractivity contribution >= 4 is 0 Å². The van der Waals surface area contributed by atoms with Crippen molar-refractivity contribution in [3.63, 3.8) is 0 Å². The zero-order valence-corrected chi connectivity index (χ0v) is 11.1. The van der Waals surface area contributed by atoms with Crippen molar-refractivity contribution < 1.29 is 0 Å². The van der Waals surface area contributed by atoms with E-state index in [2.05, 4.69) is 16.2 Å². The van der Waals surface area contributed by atoms with Gasteiger partial charge in [-0.05, 0) is 31.4 Å². The monoisotopic (exact) mass is 269 g/mol. The van der Waals surface area contributed by atoms with E-state index in [4.69, 9.17) is 5.26 Å². The highest BCUT2D eigenvalue weighted by Gasteiger charge is 2.30. The van der Waals surface area contributed by atoms with Crippen molar-refractivity contribution in [3.8, 4) is 17.5 Å². The van der Waals surface area contributed by atoms with Crippen molar-refractivity contribution in [3.05, 3.63) is 35.0 Å². The third kappa shape index (κ3) is 2.35. The van der Waals surface area contributed by atoms with Crippen molar-refractivity contribution in [1.82, 2.24) is 19.3 Å². The summed E-state index contributed by atoms with van der Waals surface area (Å²) in [6.07, 6.45) is 6.55. The zero-order valence-electron chi connectivity index (χ0n) is 11.1. The van der Waals surface area contributed by atoms with E-state index in [0.717, 1.165) is 18.4 Å². The number of hydrogen-bond donors (Lipinski definition) is 0. The minimum Gasteiger partial charge on any atom is -0.272 e. The first-order valence-corrected chi connectivity index (χ1v) is 6.78. The fourth-order valence-electron chi connectivity index (χ4n) is 2.23. The molecule has 2 aromatic rings. The SMILES string of the molecule is N#CCCCn1nc(-c2cccnc2)n(C2CC2)c1=O. The lowest BCUT2D eigenvalue weighted by molar-refractivity contribution is 0.553. The lowest BCUT2D eigenvalue weighted by Gasteiger charge is -2.02. The number of nitrogens with zero attached hydrogens (tertiary/aromatic N) is 5. The van der Waals surface area contributed by atoms with Crippen LogP contribution in [0.2, 0.25) is 0 Å². The van der Waals surface area contributed by atoms with Gasteiger partial charge in [-0.25, -0.2) is 9.48 Å². The van der Waals surface area contributed by atoms with Crippen LogP contribution in [0.5, 0.6) is 0 Å². The van der Waals surface area contributed by atoms with Gasteiger partial charge < -0.3 is 0 Å². The molecule has 1 aliphatic rings. The van der Waals surface area contributed by atoms with E-state index in [1.807, 2.05) is 12.1 Å². The molecule has 0 N–H and O–H groups in total. The Bertz CT molecular complexity index is 691. The highest BCUT2D eigenvalue weighted by atomic mass is 16.2. The van der Waals surface area contributed by atoms with Crippen LogP contribution in [0.1, 0.15) is 31.7 Å². The van der Waals surface area contributed by atoms with Gasteiger partial charge in [0.15, 0.2) is 5.82 Å². The Balaban J connectivity index is 1.99. The number of unbranched alkanes of at least 4 members (excludes halogenated alkanes) is 1. The van der Waals surface area contributed by atoms with E-state index < -0.39 is 0 Å². The van der Waals surface area contributed by atoms with Crippen molar-refractivity contribution in [1.29, 1.82) is 5.26 Å². The summed E-state index contributed by atoms with van der Waals surface area (Å²) in [4.78, 5) is 16.5. The highest BCUT2D eigenvalue weighted by molar-refractivity contribution is 5.53. The van der Waals surface area contributed by atoms with Gasteiger partial charge in [0.05, 0.1) is 6.07 Å². The van der Waals surface area contributed by atoms with E-state index in [9.17, 15) is 4.79 Å². The maximum Gasteiger partial charge on any atom is 0.346 e. The first-order valence-electron chi connectivity index (χ1n) is 6.78. The molecule has 0 bridgehead atoms. The van der Waals surface area contributed by atoms with Gasteiger partial charge in [0, 0.05) is 37.0 Å². The number of nitriles is 1. The fraction of sp³-hybridized carbons (Fsp3) is 0.429. The molecule has 2 heterocycles. The summed E-state index contributed by atoms with van der Waals surface area (Å²) in [6, 6.07) is 6.10. The van der Waals surface area contributed by atoms with Crippen LogP contribution < -0.4 is 5.69 Å². The predicted molar refractivity (Wildman–Crippen MR) is 72.8 cm³/mol. The molecule has 0 aliphatic heterocycles. The number of aryl methyl sites for hydroxylation is 1. The van der Waals surface area contributed by atoms with Crippen LogP contribution in [-0.2, 0) is 6.54 Å². The molecule has 0 spiro atoms. The quantitative estimate of drug-likeness (QED) is 0.775. The molecule has 0 radical (unpaired) electrons. The van der Waals surface area contributed by atoms with Crippen molar-refractivity contribution in [2.45, 2.75) is 38.3 Å². The van der Waals surface area contributed by atoms with Crippen molar-refractivity contribution in [2.24, 2.45) is 0 Å². The Kier molecular flexibility index (Phi) is 3.33. The molecule has 3 rings (SSSR count). The summed E-state index contributed by atoms with van der Waals surface area (Å²) >= 11 is 0. The Morgan fingerprint density at radius 2 is 2.30 bits per heavy atom. The third-order valence-corrected chi connectivity index (χ3v) is 3.36. The lowest BCUT2D eigenvalue weighted by atomic mass is 10.3. The first-order chi connectivity index (χ1) is 9.81. The molecule has 0 saturated heterocycles. The van der Waals surface area contributed by atoms with Crippen LogP contribution in [0.3, 0.4) is 0 Å².